The van der Waals surface area contributed by atoms with Crippen molar-refractivity contribution in [1.29, 1.82) is 0 Å². The van der Waals surface area contributed by atoms with Crippen LogP contribution in [0.1, 0.15) is 37.2 Å². The van der Waals surface area contributed by atoms with Crippen LogP contribution < -0.4 is 5.32 Å². The van der Waals surface area contributed by atoms with E-state index >= 15 is 0 Å². The lowest BCUT2D eigenvalue weighted by Crippen LogP contribution is -2.44. The second kappa shape index (κ2) is 7.15. The van der Waals surface area contributed by atoms with Crippen molar-refractivity contribution in [2.75, 3.05) is 13.1 Å². The second-order valence-corrected chi connectivity index (χ2v) is 5.53. The highest BCUT2D eigenvalue weighted by Gasteiger charge is 2.23. The summed E-state index contributed by atoms with van der Waals surface area (Å²) in [6.45, 7) is 3.64. The van der Waals surface area contributed by atoms with Crippen LogP contribution in [0.5, 0.6) is 0 Å². The number of nitrogens with zero attached hydrogens (tertiary/aromatic N) is 1. The Labute approximate surface area is 124 Å². The second-order valence-electron chi connectivity index (χ2n) is 5.53. The van der Waals surface area contributed by atoms with Crippen molar-refractivity contribution >= 4 is 12.0 Å². The summed E-state index contributed by atoms with van der Waals surface area (Å²) in [5, 5.41) is 11.5. The molecule has 0 unspecified atom stereocenters. The Bertz CT molecular complexity index is 490. The normalized spacial score (nSPS) is 16.0. The van der Waals surface area contributed by atoms with Gasteiger partial charge in [-0.1, -0.05) is 0 Å². The average Bonchev–Trinajstić information content (AvgIpc) is 2.89. The minimum absolute atomic E-state index is 0.0827. The molecule has 116 valence electrons. The fourth-order valence-corrected chi connectivity index (χ4v) is 2.61. The molecule has 1 aromatic heterocycles. The van der Waals surface area contributed by atoms with Crippen molar-refractivity contribution in [2.24, 2.45) is 5.92 Å². The number of urea groups is 1. The van der Waals surface area contributed by atoms with E-state index in [9.17, 15) is 9.59 Å². The summed E-state index contributed by atoms with van der Waals surface area (Å²) in [4.78, 5) is 24.4. The third kappa shape index (κ3) is 4.81. The Balaban J connectivity index is 1.69. The minimum Gasteiger partial charge on any atom is -0.481 e. The van der Waals surface area contributed by atoms with Gasteiger partial charge in [0.25, 0.3) is 0 Å². The summed E-state index contributed by atoms with van der Waals surface area (Å²) in [5.41, 5.74) is 0. The number of aryl methyl sites for hydroxylation is 1. The predicted octanol–water partition coefficient (Wildman–Crippen LogP) is 2.37. The fourth-order valence-electron chi connectivity index (χ4n) is 2.61. The molecule has 1 fully saturated rings. The number of furan rings is 1. The Morgan fingerprint density at radius 3 is 2.67 bits per heavy atom. The van der Waals surface area contributed by atoms with Gasteiger partial charge < -0.3 is 19.7 Å². The lowest BCUT2D eigenvalue weighted by atomic mass is 9.92. The largest absolute Gasteiger partial charge is 0.481 e. The molecule has 2 heterocycles. The van der Waals surface area contributed by atoms with E-state index in [0.717, 1.165) is 24.4 Å². The molecule has 0 aliphatic carbocycles. The third-order valence-corrected chi connectivity index (χ3v) is 3.88. The Morgan fingerprint density at radius 1 is 1.38 bits per heavy atom. The average molecular weight is 294 g/mol. The monoisotopic (exact) mass is 294 g/mol. The number of hydrogen-bond donors (Lipinski definition) is 2. The number of hydrogen-bond acceptors (Lipinski definition) is 3. The van der Waals surface area contributed by atoms with E-state index < -0.39 is 5.97 Å². The van der Waals surface area contributed by atoms with Gasteiger partial charge in [0.15, 0.2) is 0 Å². The molecule has 6 heteroatoms. The number of carboxylic acids is 1. The Kier molecular flexibility index (Phi) is 5.25. The van der Waals surface area contributed by atoms with E-state index in [1.807, 2.05) is 19.1 Å². The van der Waals surface area contributed by atoms with E-state index in [1.54, 1.807) is 4.90 Å². The molecule has 2 rings (SSSR count). The molecule has 2 amide bonds. The van der Waals surface area contributed by atoms with Gasteiger partial charge in [0, 0.05) is 19.5 Å². The van der Waals surface area contributed by atoms with Crippen molar-refractivity contribution in [3.63, 3.8) is 0 Å². The molecule has 2 N–H and O–H groups in total. The van der Waals surface area contributed by atoms with Gasteiger partial charge in [-0.15, -0.1) is 0 Å². The highest BCUT2D eigenvalue weighted by molar-refractivity contribution is 5.74. The van der Waals surface area contributed by atoms with Crippen molar-refractivity contribution < 1.29 is 19.1 Å². The number of carbonyl (C=O) groups excluding carboxylic acids is 1. The third-order valence-electron chi connectivity index (χ3n) is 3.88. The first-order valence-corrected chi connectivity index (χ1v) is 7.34. The minimum atomic E-state index is -0.746. The fraction of sp³-hybridized carbons (Fsp3) is 0.600. The van der Waals surface area contributed by atoms with Gasteiger partial charge in [-0.25, -0.2) is 4.79 Å². The zero-order chi connectivity index (χ0) is 15.2. The molecule has 0 aromatic carbocycles. The van der Waals surface area contributed by atoms with Gasteiger partial charge in [0.05, 0.1) is 6.54 Å². The topological polar surface area (TPSA) is 82.8 Å². The van der Waals surface area contributed by atoms with Crippen LogP contribution in [0, 0.1) is 12.8 Å². The lowest BCUT2D eigenvalue weighted by Gasteiger charge is -2.31. The molecule has 1 saturated heterocycles. The van der Waals surface area contributed by atoms with Crippen LogP contribution in [0.3, 0.4) is 0 Å². The summed E-state index contributed by atoms with van der Waals surface area (Å²) < 4.78 is 5.40. The molecule has 6 nitrogen and oxygen atoms in total. The zero-order valence-electron chi connectivity index (χ0n) is 12.3. The van der Waals surface area contributed by atoms with Crippen LogP contribution >= 0.6 is 0 Å². The molecule has 1 aliphatic rings. The van der Waals surface area contributed by atoms with Gasteiger partial charge in [0.1, 0.15) is 11.5 Å². The number of likely N-dealkylation sites (tertiary alicyclic amines) is 1. The molecule has 21 heavy (non-hydrogen) atoms. The van der Waals surface area contributed by atoms with Gasteiger partial charge in [-0.05, 0) is 44.2 Å². The van der Waals surface area contributed by atoms with Crippen molar-refractivity contribution in [3.05, 3.63) is 23.7 Å². The Hall–Kier alpha value is -1.98. The maximum absolute atomic E-state index is 12.0. The molecule has 0 atom stereocenters. The van der Waals surface area contributed by atoms with Gasteiger partial charge in [-0.2, -0.15) is 0 Å². The Morgan fingerprint density at radius 2 is 2.10 bits per heavy atom. The summed E-state index contributed by atoms with van der Waals surface area (Å²) in [7, 11) is 0. The number of carbonyl (C=O) groups is 2. The number of carboxylic acid groups (broad SMARTS) is 1. The molecule has 0 saturated carbocycles. The number of piperidine rings is 1. The first-order chi connectivity index (χ1) is 10.0. The van der Waals surface area contributed by atoms with E-state index in [0.29, 0.717) is 32.0 Å². The van der Waals surface area contributed by atoms with Crippen LogP contribution in [0.25, 0.3) is 0 Å². The van der Waals surface area contributed by atoms with Crippen molar-refractivity contribution in [2.45, 2.75) is 39.2 Å². The zero-order valence-corrected chi connectivity index (χ0v) is 12.3. The summed E-state index contributed by atoms with van der Waals surface area (Å²) >= 11 is 0. The molecule has 0 bridgehead atoms. The first kappa shape index (κ1) is 15.4. The maximum Gasteiger partial charge on any atom is 0.317 e. The smallest absolute Gasteiger partial charge is 0.317 e. The molecule has 0 radical (unpaired) electrons. The van der Waals surface area contributed by atoms with Gasteiger partial charge >= 0.3 is 12.0 Å². The van der Waals surface area contributed by atoms with Crippen LogP contribution in [0.15, 0.2) is 16.5 Å². The molecule has 0 spiro atoms. The quantitative estimate of drug-likeness (QED) is 0.873. The number of amides is 2. The van der Waals surface area contributed by atoms with E-state index in [1.165, 1.54) is 0 Å². The number of aliphatic carboxylic acids is 1. The molecule has 1 aliphatic heterocycles. The van der Waals surface area contributed by atoms with Crippen molar-refractivity contribution in [3.8, 4) is 0 Å². The van der Waals surface area contributed by atoms with Crippen LogP contribution in [0.4, 0.5) is 4.79 Å². The molecule has 1 aromatic rings. The van der Waals surface area contributed by atoms with Gasteiger partial charge in [-0.3, -0.25) is 4.79 Å². The number of rotatable bonds is 5. The highest BCUT2D eigenvalue weighted by atomic mass is 16.4. The van der Waals surface area contributed by atoms with E-state index in [4.69, 9.17) is 9.52 Å². The standard InChI is InChI=1S/C15H22N2O4/c1-11-2-4-13(21-11)10-16-15(20)17-8-6-12(7-9-17)3-5-14(18)19/h2,4,12H,3,5-10H2,1H3,(H,16,20)(H,18,19). The molecular weight excluding hydrogens is 272 g/mol. The SMILES string of the molecule is Cc1ccc(CNC(=O)N2CCC(CCC(=O)O)CC2)o1. The predicted molar refractivity (Wildman–Crippen MR) is 76.8 cm³/mol. The van der Waals surface area contributed by atoms with E-state index in [2.05, 4.69) is 5.32 Å². The van der Waals surface area contributed by atoms with Gasteiger partial charge in [0.2, 0.25) is 0 Å². The van der Waals surface area contributed by atoms with Crippen LogP contribution in [0.2, 0.25) is 0 Å². The maximum atomic E-state index is 12.0. The highest BCUT2D eigenvalue weighted by Crippen LogP contribution is 2.21. The van der Waals surface area contributed by atoms with Crippen LogP contribution in [-0.4, -0.2) is 35.1 Å². The first-order valence-electron chi connectivity index (χ1n) is 7.34. The molecular formula is C15H22N2O4. The van der Waals surface area contributed by atoms with Crippen LogP contribution in [-0.2, 0) is 11.3 Å². The summed E-state index contributed by atoms with van der Waals surface area (Å²) in [6.07, 6.45) is 2.67. The number of nitrogens with one attached hydrogen (secondary N) is 1. The van der Waals surface area contributed by atoms with Crippen molar-refractivity contribution in [1.82, 2.24) is 10.2 Å². The van der Waals surface area contributed by atoms with E-state index in [-0.39, 0.29) is 12.5 Å². The summed E-state index contributed by atoms with van der Waals surface area (Å²) in [6, 6.07) is 3.64. The summed E-state index contributed by atoms with van der Waals surface area (Å²) in [5.74, 6) is 1.25. The lowest BCUT2D eigenvalue weighted by molar-refractivity contribution is -0.137.